The fourth-order valence-corrected chi connectivity index (χ4v) is 3.21. The summed E-state index contributed by atoms with van der Waals surface area (Å²) in [5.41, 5.74) is 1.99. The van der Waals surface area contributed by atoms with Crippen molar-refractivity contribution in [2.24, 2.45) is 0 Å². The molecule has 0 bridgehead atoms. The fraction of sp³-hybridized carbons (Fsp3) is 0.286. The lowest BCUT2D eigenvalue weighted by molar-refractivity contribution is -0.125. The van der Waals surface area contributed by atoms with Crippen molar-refractivity contribution in [3.05, 3.63) is 64.5 Å². The van der Waals surface area contributed by atoms with Crippen LogP contribution in [0.3, 0.4) is 0 Å². The van der Waals surface area contributed by atoms with Crippen LogP contribution in [0.15, 0.2) is 36.4 Å². The molecule has 1 N–H and O–H groups in total. The average Bonchev–Trinajstić information content (AvgIpc) is 2.90. The molecule has 0 radical (unpaired) electrons. The van der Waals surface area contributed by atoms with Crippen molar-refractivity contribution in [1.29, 1.82) is 0 Å². The monoisotopic (exact) mass is 384 g/mol. The number of methoxy groups -OCH3 is 1. The second-order valence-electron chi connectivity index (χ2n) is 6.83. The first-order chi connectivity index (χ1) is 13.2. The summed E-state index contributed by atoms with van der Waals surface area (Å²) < 4.78 is 18.8. The minimum atomic E-state index is -1.00. The number of hydrogen-bond acceptors (Lipinski definition) is 4. The van der Waals surface area contributed by atoms with Crippen molar-refractivity contribution in [2.45, 2.75) is 32.9 Å². The number of aryl methyl sites for hydroxylation is 1. The molecule has 0 fully saturated rings. The maximum absolute atomic E-state index is 13.9. The summed E-state index contributed by atoms with van der Waals surface area (Å²) in [6, 6.07) is 7.86. The van der Waals surface area contributed by atoms with Gasteiger partial charge < -0.3 is 10.1 Å². The van der Waals surface area contributed by atoms with Crippen molar-refractivity contribution in [3.63, 3.8) is 0 Å². The van der Waals surface area contributed by atoms with Gasteiger partial charge in [-0.3, -0.25) is 19.3 Å². The third kappa shape index (κ3) is 3.35. The number of carbonyl (C=O) groups excluding carboxylic acids is 3. The zero-order valence-corrected chi connectivity index (χ0v) is 16.1. The van der Waals surface area contributed by atoms with Crippen LogP contribution in [0.5, 0.6) is 5.75 Å². The summed E-state index contributed by atoms with van der Waals surface area (Å²) in [5, 5.41) is 2.72. The van der Waals surface area contributed by atoms with Gasteiger partial charge in [0.2, 0.25) is 5.91 Å². The Morgan fingerprint density at radius 1 is 1.07 bits per heavy atom. The molecule has 146 valence electrons. The summed E-state index contributed by atoms with van der Waals surface area (Å²) >= 11 is 0. The molecule has 0 aromatic heterocycles. The van der Waals surface area contributed by atoms with E-state index in [1.54, 1.807) is 31.2 Å². The predicted octanol–water partition coefficient (Wildman–Crippen LogP) is 3.00. The Morgan fingerprint density at radius 3 is 2.39 bits per heavy atom. The van der Waals surface area contributed by atoms with Crippen LogP contribution in [-0.4, -0.2) is 35.8 Å². The number of rotatable bonds is 5. The molecule has 2 aromatic carbocycles. The molecule has 0 saturated carbocycles. The number of nitrogens with one attached hydrogen (secondary N) is 1. The van der Waals surface area contributed by atoms with Gasteiger partial charge in [0, 0.05) is 0 Å². The predicted molar refractivity (Wildman–Crippen MR) is 101 cm³/mol. The Hall–Kier alpha value is -3.22. The standard InChI is InChI=1S/C21H21FN2O4/c1-11-5-7-15-16(9-11)21(27)24(20(15)26)13(3)19(25)23-12(2)14-6-8-18(28-4)17(22)10-14/h5-10,12-13H,1-4H3,(H,23,25)/t12-,13+/m1/s1. The van der Waals surface area contributed by atoms with E-state index in [-0.39, 0.29) is 5.75 Å². The van der Waals surface area contributed by atoms with Crippen LogP contribution < -0.4 is 10.1 Å². The topological polar surface area (TPSA) is 75.7 Å². The zero-order chi connectivity index (χ0) is 20.6. The lowest BCUT2D eigenvalue weighted by Crippen LogP contribution is -2.48. The molecule has 7 heteroatoms. The third-order valence-corrected chi connectivity index (χ3v) is 4.87. The molecular weight excluding hydrogens is 363 g/mol. The summed E-state index contributed by atoms with van der Waals surface area (Å²) in [5.74, 6) is -1.92. The molecular formula is C21H21FN2O4. The van der Waals surface area contributed by atoms with Gasteiger partial charge in [-0.05, 0) is 50.6 Å². The highest BCUT2D eigenvalue weighted by atomic mass is 19.1. The van der Waals surface area contributed by atoms with Crippen LogP contribution in [0, 0.1) is 12.7 Å². The largest absolute Gasteiger partial charge is 0.494 e. The van der Waals surface area contributed by atoms with Gasteiger partial charge in [-0.2, -0.15) is 0 Å². The van der Waals surface area contributed by atoms with Gasteiger partial charge in [-0.15, -0.1) is 0 Å². The first-order valence-electron chi connectivity index (χ1n) is 8.87. The number of halogens is 1. The van der Waals surface area contributed by atoms with E-state index < -0.39 is 35.6 Å². The maximum atomic E-state index is 13.9. The number of fused-ring (bicyclic) bond motifs is 1. The minimum absolute atomic E-state index is 0.108. The summed E-state index contributed by atoms with van der Waals surface area (Å²) in [6.45, 7) is 5.01. The molecule has 0 saturated heterocycles. The first kappa shape index (κ1) is 19.5. The molecule has 0 spiro atoms. The van der Waals surface area contributed by atoms with E-state index in [0.717, 1.165) is 10.5 Å². The lowest BCUT2D eigenvalue weighted by atomic mass is 10.1. The van der Waals surface area contributed by atoms with Crippen molar-refractivity contribution >= 4 is 17.7 Å². The summed E-state index contributed by atoms with van der Waals surface area (Å²) in [6.07, 6.45) is 0. The lowest BCUT2D eigenvalue weighted by Gasteiger charge is -2.24. The van der Waals surface area contributed by atoms with E-state index in [1.807, 2.05) is 6.92 Å². The number of imide groups is 1. The number of amides is 3. The average molecular weight is 384 g/mol. The maximum Gasteiger partial charge on any atom is 0.262 e. The Kier molecular flexibility index (Phi) is 5.18. The van der Waals surface area contributed by atoms with Crippen molar-refractivity contribution < 1.29 is 23.5 Å². The SMILES string of the molecule is COc1ccc([C@@H](C)NC(=O)[C@H](C)N2C(=O)c3ccc(C)cc3C2=O)cc1F. The van der Waals surface area contributed by atoms with Gasteiger partial charge in [-0.25, -0.2) is 4.39 Å². The summed E-state index contributed by atoms with van der Waals surface area (Å²) in [7, 11) is 1.37. The number of benzene rings is 2. The van der Waals surface area contributed by atoms with Crippen molar-refractivity contribution in [2.75, 3.05) is 7.11 Å². The summed E-state index contributed by atoms with van der Waals surface area (Å²) in [4.78, 5) is 38.8. The Morgan fingerprint density at radius 2 is 1.75 bits per heavy atom. The van der Waals surface area contributed by atoms with Crippen molar-refractivity contribution in [3.8, 4) is 5.75 Å². The zero-order valence-electron chi connectivity index (χ0n) is 16.1. The van der Waals surface area contributed by atoms with E-state index in [0.29, 0.717) is 16.7 Å². The van der Waals surface area contributed by atoms with Crippen LogP contribution in [0.25, 0.3) is 0 Å². The molecule has 0 aliphatic carbocycles. The van der Waals surface area contributed by atoms with Gasteiger partial charge in [0.1, 0.15) is 6.04 Å². The molecule has 1 aliphatic heterocycles. The molecule has 2 aromatic rings. The second kappa shape index (κ2) is 7.42. The Bertz CT molecular complexity index is 973. The van der Waals surface area contributed by atoms with Crippen molar-refractivity contribution in [1.82, 2.24) is 10.2 Å². The fourth-order valence-electron chi connectivity index (χ4n) is 3.21. The smallest absolute Gasteiger partial charge is 0.262 e. The van der Waals surface area contributed by atoms with Crippen LogP contribution in [0.2, 0.25) is 0 Å². The second-order valence-corrected chi connectivity index (χ2v) is 6.83. The van der Waals surface area contributed by atoms with Crippen LogP contribution in [-0.2, 0) is 4.79 Å². The van der Waals surface area contributed by atoms with Gasteiger partial charge in [0.25, 0.3) is 11.8 Å². The molecule has 3 rings (SSSR count). The first-order valence-corrected chi connectivity index (χ1v) is 8.87. The highest BCUT2D eigenvalue weighted by molar-refractivity contribution is 6.22. The van der Waals surface area contributed by atoms with Crippen LogP contribution >= 0.6 is 0 Å². The highest BCUT2D eigenvalue weighted by Gasteiger charge is 2.41. The van der Waals surface area contributed by atoms with Gasteiger partial charge in [0.05, 0.1) is 24.3 Å². The molecule has 1 aliphatic rings. The van der Waals surface area contributed by atoms with E-state index in [9.17, 15) is 18.8 Å². The van der Waals surface area contributed by atoms with Crippen LogP contribution in [0.4, 0.5) is 4.39 Å². The number of hydrogen-bond donors (Lipinski definition) is 1. The number of nitrogens with zero attached hydrogens (tertiary/aromatic N) is 1. The van der Waals surface area contributed by atoms with Gasteiger partial charge in [-0.1, -0.05) is 17.7 Å². The quantitative estimate of drug-likeness (QED) is 0.804. The highest BCUT2D eigenvalue weighted by Crippen LogP contribution is 2.26. The van der Waals surface area contributed by atoms with E-state index in [1.165, 1.54) is 26.2 Å². The van der Waals surface area contributed by atoms with E-state index in [4.69, 9.17) is 4.74 Å². The molecule has 2 atom stereocenters. The Labute approximate surface area is 162 Å². The van der Waals surface area contributed by atoms with Crippen LogP contribution in [0.1, 0.15) is 51.7 Å². The Balaban J connectivity index is 1.75. The number of carbonyl (C=O) groups is 3. The van der Waals surface area contributed by atoms with Gasteiger partial charge >= 0.3 is 0 Å². The third-order valence-electron chi connectivity index (χ3n) is 4.87. The molecule has 0 unspecified atom stereocenters. The number of ether oxygens (including phenoxy) is 1. The minimum Gasteiger partial charge on any atom is -0.494 e. The molecule has 6 nitrogen and oxygen atoms in total. The van der Waals surface area contributed by atoms with Gasteiger partial charge in [0.15, 0.2) is 11.6 Å². The molecule has 1 heterocycles. The normalized spacial score (nSPS) is 15.2. The molecule has 3 amide bonds. The van der Waals surface area contributed by atoms with E-state index in [2.05, 4.69) is 5.32 Å². The molecule has 28 heavy (non-hydrogen) atoms. The van der Waals surface area contributed by atoms with E-state index >= 15 is 0 Å².